The van der Waals surface area contributed by atoms with Gasteiger partial charge in [0.15, 0.2) is 0 Å². The number of ether oxygens (including phenoxy) is 1. The van der Waals surface area contributed by atoms with E-state index in [1.807, 2.05) is 6.92 Å². The first-order valence-electron chi connectivity index (χ1n) is 6.30. The van der Waals surface area contributed by atoms with Gasteiger partial charge in [0.05, 0.1) is 11.3 Å². The van der Waals surface area contributed by atoms with E-state index in [1.54, 1.807) is 13.0 Å². The molecule has 0 saturated carbocycles. The molecule has 5 heteroatoms. The summed E-state index contributed by atoms with van der Waals surface area (Å²) in [6.45, 7) is 4.94. The summed E-state index contributed by atoms with van der Waals surface area (Å²) in [5, 5.41) is 0. The molecule has 4 nitrogen and oxygen atoms in total. The van der Waals surface area contributed by atoms with E-state index in [4.69, 9.17) is 4.74 Å². The normalized spacial score (nSPS) is 14.2. The number of hydrogen-bond donors (Lipinski definition) is 0. The highest BCUT2D eigenvalue weighted by molar-refractivity contribution is 6.52. The maximum absolute atomic E-state index is 13.9. The van der Waals surface area contributed by atoms with E-state index in [0.29, 0.717) is 25.2 Å². The molecule has 0 fully saturated rings. The van der Waals surface area contributed by atoms with Crippen LogP contribution in [0.3, 0.4) is 0 Å². The first kappa shape index (κ1) is 13.7. The number of fused-ring (bicyclic) bond motifs is 1. The number of anilines is 1. The minimum absolute atomic E-state index is 0.108. The van der Waals surface area contributed by atoms with Crippen molar-refractivity contribution in [3.8, 4) is 0 Å². The Balaban J connectivity index is 2.23. The standard InChI is InChI=1S/C14H16FNO3/c1-3-19-6-4-5-16-12-10(13(17)14(16)18)7-9(2)8-11(12)15/h7-8H,3-6H2,1-2H3. The van der Waals surface area contributed by atoms with Gasteiger partial charge in [-0.3, -0.25) is 9.59 Å². The average Bonchev–Trinajstić information content (AvgIpc) is 2.60. The Morgan fingerprint density at radius 2 is 2.05 bits per heavy atom. The summed E-state index contributed by atoms with van der Waals surface area (Å²) in [5.74, 6) is -1.81. The topological polar surface area (TPSA) is 46.6 Å². The first-order valence-corrected chi connectivity index (χ1v) is 6.30. The van der Waals surface area contributed by atoms with Gasteiger partial charge in [0, 0.05) is 19.8 Å². The van der Waals surface area contributed by atoms with Crippen LogP contribution in [-0.4, -0.2) is 31.4 Å². The maximum atomic E-state index is 13.9. The Morgan fingerprint density at radius 3 is 2.74 bits per heavy atom. The number of halogens is 1. The molecule has 1 amide bonds. The molecule has 0 aromatic heterocycles. The predicted molar refractivity (Wildman–Crippen MR) is 68.9 cm³/mol. The molecule has 2 rings (SSSR count). The first-order chi connectivity index (χ1) is 9.06. The Labute approximate surface area is 111 Å². The molecule has 0 aliphatic carbocycles. The average molecular weight is 265 g/mol. The van der Waals surface area contributed by atoms with Gasteiger partial charge in [-0.05, 0) is 38.0 Å². The second kappa shape index (κ2) is 5.48. The van der Waals surface area contributed by atoms with Crippen molar-refractivity contribution in [3.63, 3.8) is 0 Å². The van der Waals surface area contributed by atoms with Crippen molar-refractivity contribution >= 4 is 17.4 Å². The highest BCUT2D eigenvalue weighted by Gasteiger charge is 2.37. The van der Waals surface area contributed by atoms with Crippen LogP contribution >= 0.6 is 0 Å². The number of amides is 1. The van der Waals surface area contributed by atoms with E-state index < -0.39 is 17.5 Å². The number of nitrogens with zero attached hydrogens (tertiary/aromatic N) is 1. The minimum atomic E-state index is -0.656. The zero-order valence-electron chi connectivity index (χ0n) is 11.0. The molecular formula is C14H16FNO3. The van der Waals surface area contributed by atoms with Gasteiger partial charge in [-0.2, -0.15) is 0 Å². The van der Waals surface area contributed by atoms with E-state index in [9.17, 15) is 14.0 Å². The van der Waals surface area contributed by atoms with Crippen LogP contribution < -0.4 is 4.90 Å². The van der Waals surface area contributed by atoms with Crippen molar-refractivity contribution < 1.29 is 18.7 Å². The molecule has 0 radical (unpaired) electrons. The number of carbonyl (C=O) groups excluding carboxylic acids is 2. The molecular weight excluding hydrogens is 249 g/mol. The highest BCUT2D eigenvalue weighted by atomic mass is 19.1. The third-order valence-electron chi connectivity index (χ3n) is 3.04. The molecule has 0 atom stereocenters. The van der Waals surface area contributed by atoms with E-state index in [-0.39, 0.29) is 17.8 Å². The van der Waals surface area contributed by atoms with Crippen molar-refractivity contribution in [1.82, 2.24) is 0 Å². The van der Waals surface area contributed by atoms with Crippen molar-refractivity contribution in [3.05, 3.63) is 29.1 Å². The van der Waals surface area contributed by atoms with Crippen LogP contribution in [0.2, 0.25) is 0 Å². The second-order valence-electron chi connectivity index (χ2n) is 4.48. The monoisotopic (exact) mass is 265 g/mol. The molecule has 0 N–H and O–H groups in total. The fraction of sp³-hybridized carbons (Fsp3) is 0.429. The number of ketones is 1. The molecule has 1 aromatic carbocycles. The summed E-state index contributed by atoms with van der Waals surface area (Å²) in [4.78, 5) is 24.9. The molecule has 19 heavy (non-hydrogen) atoms. The van der Waals surface area contributed by atoms with E-state index in [0.717, 1.165) is 0 Å². The Hall–Kier alpha value is -1.75. The number of hydrogen-bond acceptors (Lipinski definition) is 3. The molecule has 102 valence electrons. The molecule has 1 heterocycles. The molecule has 1 aliphatic heterocycles. The van der Waals surface area contributed by atoms with E-state index >= 15 is 0 Å². The van der Waals surface area contributed by atoms with E-state index in [1.165, 1.54) is 11.0 Å². The van der Waals surface area contributed by atoms with Gasteiger partial charge in [-0.15, -0.1) is 0 Å². The van der Waals surface area contributed by atoms with Crippen LogP contribution in [0.25, 0.3) is 0 Å². The summed E-state index contributed by atoms with van der Waals surface area (Å²) in [7, 11) is 0. The summed E-state index contributed by atoms with van der Waals surface area (Å²) in [5.41, 5.74) is 0.907. The fourth-order valence-corrected chi connectivity index (χ4v) is 2.20. The summed E-state index contributed by atoms with van der Waals surface area (Å²) < 4.78 is 19.1. The number of carbonyl (C=O) groups is 2. The van der Waals surface area contributed by atoms with Crippen molar-refractivity contribution in [2.45, 2.75) is 20.3 Å². The second-order valence-corrected chi connectivity index (χ2v) is 4.48. The van der Waals surface area contributed by atoms with Gasteiger partial charge in [0.1, 0.15) is 5.82 Å². The number of rotatable bonds is 5. The van der Waals surface area contributed by atoms with Crippen LogP contribution in [0.5, 0.6) is 0 Å². The third-order valence-corrected chi connectivity index (χ3v) is 3.04. The van der Waals surface area contributed by atoms with Gasteiger partial charge < -0.3 is 9.64 Å². The van der Waals surface area contributed by atoms with Crippen LogP contribution in [0.15, 0.2) is 12.1 Å². The Bertz CT molecular complexity index is 528. The largest absolute Gasteiger partial charge is 0.382 e. The predicted octanol–water partition coefficient (Wildman–Crippen LogP) is 2.09. The molecule has 1 aromatic rings. The number of benzene rings is 1. The summed E-state index contributed by atoms with van der Waals surface area (Å²) in [6.07, 6.45) is 0.569. The number of aryl methyl sites for hydroxylation is 1. The van der Waals surface area contributed by atoms with Gasteiger partial charge in [0.2, 0.25) is 0 Å². The van der Waals surface area contributed by atoms with Gasteiger partial charge in [-0.1, -0.05) is 0 Å². The van der Waals surface area contributed by atoms with Gasteiger partial charge in [0.25, 0.3) is 11.7 Å². The third kappa shape index (κ3) is 2.51. The number of Topliss-reactive ketones (excluding diaryl/α,β-unsaturated/α-hetero) is 1. The molecule has 0 bridgehead atoms. The summed E-state index contributed by atoms with van der Waals surface area (Å²) in [6, 6.07) is 2.89. The fourth-order valence-electron chi connectivity index (χ4n) is 2.20. The zero-order chi connectivity index (χ0) is 14.0. The lowest BCUT2D eigenvalue weighted by Crippen LogP contribution is -2.31. The van der Waals surface area contributed by atoms with Gasteiger partial charge in [-0.25, -0.2) is 4.39 Å². The lowest BCUT2D eigenvalue weighted by molar-refractivity contribution is -0.114. The van der Waals surface area contributed by atoms with Crippen molar-refractivity contribution in [1.29, 1.82) is 0 Å². The van der Waals surface area contributed by atoms with Gasteiger partial charge >= 0.3 is 0 Å². The SMILES string of the molecule is CCOCCCN1C(=O)C(=O)c2cc(C)cc(F)c21. The molecule has 0 saturated heterocycles. The van der Waals surface area contributed by atoms with Crippen molar-refractivity contribution in [2.24, 2.45) is 0 Å². The molecule has 0 unspecified atom stereocenters. The molecule has 0 spiro atoms. The van der Waals surface area contributed by atoms with Crippen molar-refractivity contribution in [2.75, 3.05) is 24.7 Å². The zero-order valence-corrected chi connectivity index (χ0v) is 11.0. The summed E-state index contributed by atoms with van der Waals surface area (Å²) >= 11 is 0. The van der Waals surface area contributed by atoms with E-state index in [2.05, 4.69) is 0 Å². The highest BCUT2D eigenvalue weighted by Crippen LogP contribution is 2.32. The smallest absolute Gasteiger partial charge is 0.299 e. The lowest BCUT2D eigenvalue weighted by atomic mass is 10.1. The Kier molecular flexibility index (Phi) is 3.95. The maximum Gasteiger partial charge on any atom is 0.299 e. The minimum Gasteiger partial charge on any atom is -0.382 e. The van der Waals surface area contributed by atoms with Crippen LogP contribution in [-0.2, 0) is 9.53 Å². The Morgan fingerprint density at radius 1 is 1.32 bits per heavy atom. The molecule has 1 aliphatic rings. The van der Waals surface area contributed by atoms with Crippen LogP contribution in [0, 0.1) is 12.7 Å². The van der Waals surface area contributed by atoms with Crippen LogP contribution in [0.1, 0.15) is 29.3 Å². The lowest BCUT2D eigenvalue weighted by Gasteiger charge is -2.17. The quantitative estimate of drug-likeness (QED) is 0.605. The van der Waals surface area contributed by atoms with Crippen LogP contribution in [0.4, 0.5) is 10.1 Å².